The van der Waals surface area contributed by atoms with Crippen molar-refractivity contribution in [3.63, 3.8) is 0 Å². The van der Waals surface area contributed by atoms with E-state index in [0.717, 1.165) is 24.7 Å². The highest BCUT2D eigenvalue weighted by atomic mass is 16.5. The summed E-state index contributed by atoms with van der Waals surface area (Å²) in [6.07, 6.45) is 3.36. The fraction of sp³-hybridized carbons (Fsp3) is 1.00. The molecular formula is C30H80N4O3. The highest BCUT2D eigenvalue weighted by molar-refractivity contribution is 4.78. The molecule has 0 spiro atoms. The molecule has 0 saturated heterocycles. The van der Waals surface area contributed by atoms with Crippen LogP contribution in [0.3, 0.4) is 0 Å². The average Bonchev–Trinajstić information content (AvgIpc) is 2.59. The van der Waals surface area contributed by atoms with E-state index in [1.54, 1.807) is 0 Å². The summed E-state index contributed by atoms with van der Waals surface area (Å²) >= 11 is 0. The number of hydrogen-bond donors (Lipinski definition) is 4. The monoisotopic (exact) mass is 545 g/mol. The highest BCUT2D eigenvalue weighted by Crippen LogP contribution is 2.24. The highest BCUT2D eigenvalue weighted by Gasteiger charge is 2.30. The van der Waals surface area contributed by atoms with Crippen molar-refractivity contribution >= 4 is 0 Å². The van der Waals surface area contributed by atoms with Crippen LogP contribution in [0.25, 0.3) is 0 Å². The largest absolute Gasteiger partial charge is 0.379 e. The number of nitrogens with two attached hydrogens (primary N) is 4. The van der Waals surface area contributed by atoms with Crippen LogP contribution in [0.4, 0.5) is 0 Å². The molecule has 0 rings (SSSR count). The van der Waals surface area contributed by atoms with Gasteiger partial charge in [-0.3, -0.25) is 0 Å². The molecule has 0 aliphatic heterocycles. The summed E-state index contributed by atoms with van der Waals surface area (Å²) in [5.41, 5.74) is 22.7. The van der Waals surface area contributed by atoms with E-state index in [2.05, 4.69) is 34.6 Å². The van der Waals surface area contributed by atoms with Crippen LogP contribution in [0.15, 0.2) is 0 Å². The first-order valence-corrected chi connectivity index (χ1v) is 12.1. The summed E-state index contributed by atoms with van der Waals surface area (Å²) in [4.78, 5) is 0. The van der Waals surface area contributed by atoms with Gasteiger partial charge >= 0.3 is 0 Å². The van der Waals surface area contributed by atoms with E-state index < -0.39 is 0 Å². The van der Waals surface area contributed by atoms with Gasteiger partial charge in [-0.2, -0.15) is 0 Å². The molecule has 0 saturated carbocycles. The standard InChI is InChI=1S/C15H35N3O3.C9H21N.6CH4/c1-5-15(9-19-6-12(2)16,10-20-7-13(3)17)11-21-8-14(4)18;1-7(2)5-8(3)6-9(4)10;;;;;;/h12-14H,5-11,16-18H2,1-4H3;7-9H,5-6,10H2,1-4H3;6*1H4. The van der Waals surface area contributed by atoms with Gasteiger partial charge in [0.25, 0.3) is 0 Å². The Hall–Kier alpha value is -0.280. The molecule has 0 amide bonds. The lowest BCUT2D eigenvalue weighted by Crippen LogP contribution is -2.40. The molecule has 0 aromatic rings. The minimum atomic E-state index is -0.182. The van der Waals surface area contributed by atoms with Crippen molar-refractivity contribution in [3.8, 4) is 0 Å². The van der Waals surface area contributed by atoms with E-state index in [1.165, 1.54) is 6.42 Å². The Morgan fingerprint density at radius 3 is 1.00 bits per heavy atom. The maximum absolute atomic E-state index is 5.72. The van der Waals surface area contributed by atoms with Gasteiger partial charge in [0, 0.05) is 29.6 Å². The van der Waals surface area contributed by atoms with Crippen molar-refractivity contribution in [2.75, 3.05) is 39.6 Å². The molecule has 0 aliphatic rings. The zero-order valence-electron chi connectivity index (χ0n) is 21.9. The summed E-state index contributed by atoms with van der Waals surface area (Å²) in [6, 6.07) is 0.437. The van der Waals surface area contributed by atoms with Crippen molar-refractivity contribution in [2.45, 2.75) is 143 Å². The lowest BCUT2D eigenvalue weighted by Gasteiger charge is -2.33. The molecule has 5 unspecified atom stereocenters. The third-order valence-electron chi connectivity index (χ3n) is 4.76. The van der Waals surface area contributed by atoms with Crippen molar-refractivity contribution in [1.82, 2.24) is 0 Å². The van der Waals surface area contributed by atoms with E-state index in [0.29, 0.717) is 45.7 Å². The average molecular weight is 545 g/mol. The maximum Gasteiger partial charge on any atom is 0.0615 e. The Kier molecular flexibility index (Phi) is 51.8. The summed E-state index contributed by atoms with van der Waals surface area (Å²) < 4.78 is 17.2. The van der Waals surface area contributed by atoms with Crippen LogP contribution >= 0.6 is 0 Å². The van der Waals surface area contributed by atoms with Crippen molar-refractivity contribution in [3.05, 3.63) is 0 Å². The zero-order valence-corrected chi connectivity index (χ0v) is 21.9. The van der Waals surface area contributed by atoms with Crippen LogP contribution < -0.4 is 22.9 Å². The quantitative estimate of drug-likeness (QED) is 0.160. The number of hydrogen-bond acceptors (Lipinski definition) is 7. The normalized spacial score (nSPS) is 15.5. The van der Waals surface area contributed by atoms with Gasteiger partial charge in [0.2, 0.25) is 0 Å². The van der Waals surface area contributed by atoms with Crippen LogP contribution in [0.1, 0.15) is 119 Å². The second-order valence-electron chi connectivity index (χ2n) is 10.3. The maximum atomic E-state index is 5.72. The predicted octanol–water partition coefficient (Wildman–Crippen LogP) is 6.70. The number of ether oxygens (including phenoxy) is 3. The Morgan fingerprint density at radius 2 is 0.811 bits per heavy atom. The van der Waals surface area contributed by atoms with Crippen molar-refractivity contribution in [2.24, 2.45) is 40.2 Å². The number of rotatable bonds is 17. The lowest BCUT2D eigenvalue weighted by atomic mass is 9.88. The topological polar surface area (TPSA) is 132 Å². The molecule has 238 valence electrons. The van der Waals surface area contributed by atoms with Crippen molar-refractivity contribution in [1.29, 1.82) is 0 Å². The molecule has 0 aliphatic carbocycles. The minimum absolute atomic E-state index is 0. The Balaban J connectivity index is -0.0000000765. The van der Waals surface area contributed by atoms with E-state index in [9.17, 15) is 0 Å². The third-order valence-corrected chi connectivity index (χ3v) is 4.76. The second kappa shape index (κ2) is 33.7. The predicted molar refractivity (Wildman–Crippen MR) is 173 cm³/mol. The van der Waals surface area contributed by atoms with Gasteiger partial charge in [-0.15, -0.1) is 0 Å². The zero-order chi connectivity index (χ0) is 24.4. The summed E-state index contributed by atoms with van der Waals surface area (Å²) in [6.45, 7) is 20.0. The summed E-state index contributed by atoms with van der Waals surface area (Å²) in [7, 11) is 0. The fourth-order valence-electron chi connectivity index (χ4n) is 3.35. The molecule has 8 N–H and O–H groups in total. The lowest BCUT2D eigenvalue weighted by molar-refractivity contribution is -0.0750. The smallest absolute Gasteiger partial charge is 0.0615 e. The minimum Gasteiger partial charge on any atom is -0.379 e. The van der Waals surface area contributed by atoms with E-state index >= 15 is 0 Å². The summed E-state index contributed by atoms with van der Waals surface area (Å²) in [5, 5.41) is 0. The first kappa shape index (κ1) is 56.8. The molecule has 0 radical (unpaired) electrons. The molecule has 7 nitrogen and oxygen atoms in total. The first-order chi connectivity index (χ1) is 14.3. The Morgan fingerprint density at radius 1 is 0.514 bits per heavy atom. The first-order valence-electron chi connectivity index (χ1n) is 12.1. The van der Waals surface area contributed by atoms with Crippen LogP contribution in [0.5, 0.6) is 0 Å². The van der Waals surface area contributed by atoms with Crippen LogP contribution in [-0.2, 0) is 14.2 Å². The molecule has 0 aromatic carbocycles. The van der Waals surface area contributed by atoms with E-state index in [-0.39, 0.29) is 68.1 Å². The van der Waals surface area contributed by atoms with Gasteiger partial charge in [-0.05, 0) is 58.8 Å². The van der Waals surface area contributed by atoms with Gasteiger partial charge in [0.1, 0.15) is 0 Å². The second-order valence-corrected chi connectivity index (χ2v) is 10.3. The van der Waals surface area contributed by atoms with Crippen LogP contribution in [0, 0.1) is 17.3 Å². The summed E-state index contributed by atoms with van der Waals surface area (Å²) in [5.74, 6) is 1.61. The Labute approximate surface area is 237 Å². The molecule has 0 aromatic heterocycles. The molecule has 0 fully saturated rings. The van der Waals surface area contributed by atoms with Gasteiger partial charge < -0.3 is 37.1 Å². The molecule has 7 heteroatoms. The molecule has 0 bridgehead atoms. The van der Waals surface area contributed by atoms with Crippen LogP contribution in [0.2, 0.25) is 0 Å². The molecular weight excluding hydrogens is 464 g/mol. The Bertz CT molecular complexity index is 347. The molecule has 0 heterocycles. The van der Waals surface area contributed by atoms with Crippen LogP contribution in [-0.4, -0.2) is 63.8 Å². The van der Waals surface area contributed by atoms with Gasteiger partial charge in [0.05, 0.1) is 39.6 Å². The van der Waals surface area contributed by atoms with Crippen molar-refractivity contribution < 1.29 is 14.2 Å². The van der Waals surface area contributed by atoms with E-state index in [4.69, 9.17) is 37.1 Å². The van der Waals surface area contributed by atoms with Gasteiger partial charge in [-0.25, -0.2) is 0 Å². The molecule has 37 heavy (non-hydrogen) atoms. The molecule has 5 atom stereocenters. The fourth-order valence-corrected chi connectivity index (χ4v) is 3.35. The van der Waals surface area contributed by atoms with Gasteiger partial charge in [0.15, 0.2) is 0 Å². The SMILES string of the molecule is C.C.C.C.C.C.CC(C)CC(C)CC(C)N.CCC(COCC(C)N)(COCC(C)N)COCC(C)N. The van der Waals surface area contributed by atoms with E-state index in [1.807, 2.05) is 20.8 Å². The third kappa shape index (κ3) is 40.4. The van der Waals surface area contributed by atoms with Gasteiger partial charge in [-0.1, -0.05) is 72.3 Å².